The van der Waals surface area contributed by atoms with Crippen molar-refractivity contribution >= 4 is 27.1 Å². The van der Waals surface area contributed by atoms with E-state index in [4.69, 9.17) is 0 Å². The number of carbonyl (C=O) groups excluding carboxylic acids is 1. The number of halogens is 2. The second-order valence-corrected chi connectivity index (χ2v) is 10.1. The van der Waals surface area contributed by atoms with Crippen LogP contribution in [0.1, 0.15) is 31.2 Å². The lowest BCUT2D eigenvalue weighted by molar-refractivity contribution is -0.111. The van der Waals surface area contributed by atoms with Crippen LogP contribution < -0.4 is 5.32 Å². The molecule has 2 aliphatic rings. The van der Waals surface area contributed by atoms with Gasteiger partial charge in [-0.05, 0) is 49.3 Å². The third kappa shape index (κ3) is 4.73. The summed E-state index contributed by atoms with van der Waals surface area (Å²) in [7, 11) is -3.38. The van der Waals surface area contributed by atoms with Crippen molar-refractivity contribution in [3.63, 3.8) is 0 Å². The van der Waals surface area contributed by atoms with Gasteiger partial charge in [0.05, 0.1) is 22.5 Å². The molecule has 10 heteroatoms. The molecule has 1 aromatic carbocycles. The van der Waals surface area contributed by atoms with Crippen LogP contribution in [0, 0.1) is 5.92 Å². The molecule has 7 nitrogen and oxygen atoms in total. The Bertz CT molecular complexity index is 1090. The first-order valence-corrected chi connectivity index (χ1v) is 11.5. The van der Waals surface area contributed by atoms with Crippen LogP contribution in [0.4, 0.5) is 14.6 Å². The van der Waals surface area contributed by atoms with E-state index in [9.17, 15) is 27.1 Å². The number of aromatic nitrogens is 2. The Morgan fingerprint density at radius 1 is 1.06 bits per heavy atom. The van der Waals surface area contributed by atoms with E-state index in [-0.39, 0.29) is 40.3 Å². The number of nitrogens with zero attached hydrogens (tertiary/aromatic N) is 2. The molecule has 1 heterocycles. The van der Waals surface area contributed by atoms with Gasteiger partial charge in [-0.15, -0.1) is 0 Å². The second kappa shape index (κ2) is 8.33. The molecule has 31 heavy (non-hydrogen) atoms. The lowest BCUT2D eigenvalue weighted by atomic mass is 9.98. The summed E-state index contributed by atoms with van der Waals surface area (Å²) in [6.45, 7) is 0. The summed E-state index contributed by atoms with van der Waals surface area (Å²) in [6, 6.07) is 5.90. The van der Waals surface area contributed by atoms with Gasteiger partial charge < -0.3 is 10.4 Å². The van der Waals surface area contributed by atoms with Gasteiger partial charge >= 0.3 is 0 Å². The average molecular weight is 449 g/mol. The number of aromatic hydroxyl groups is 1. The number of alkyl halides is 2. The Morgan fingerprint density at radius 2 is 1.71 bits per heavy atom. The first-order chi connectivity index (χ1) is 14.7. The van der Waals surface area contributed by atoms with E-state index in [1.807, 2.05) is 0 Å². The monoisotopic (exact) mass is 449 g/mol. The van der Waals surface area contributed by atoms with Crippen LogP contribution in [0.3, 0.4) is 0 Å². The summed E-state index contributed by atoms with van der Waals surface area (Å²) in [6.07, 6.45) is 1.79. The lowest BCUT2D eigenvalue weighted by Crippen LogP contribution is -2.16. The summed E-state index contributed by atoms with van der Waals surface area (Å²) < 4.78 is 52.1. The summed E-state index contributed by atoms with van der Waals surface area (Å²) in [4.78, 5) is 20.6. The summed E-state index contributed by atoms with van der Waals surface area (Å²) >= 11 is 0. The largest absolute Gasteiger partial charge is 0.492 e. The lowest BCUT2D eigenvalue weighted by Gasteiger charge is -2.12. The van der Waals surface area contributed by atoms with Gasteiger partial charge in [0.15, 0.2) is 15.7 Å². The molecule has 3 atom stereocenters. The molecule has 2 N–H and O–H groups in total. The Labute approximate surface area is 178 Å². The molecule has 0 aliphatic heterocycles. The second-order valence-electron chi connectivity index (χ2n) is 7.83. The van der Waals surface area contributed by atoms with Gasteiger partial charge in [0.25, 0.3) is 5.91 Å². The smallest absolute Gasteiger partial charge is 0.257 e. The molecule has 0 radical (unpaired) electrons. The molecule has 0 bridgehead atoms. The number of amides is 1. The average Bonchev–Trinajstić information content (AvgIpc) is 3.55. The maximum atomic E-state index is 13.7. The van der Waals surface area contributed by atoms with Crippen LogP contribution in [-0.2, 0) is 14.6 Å². The molecule has 0 spiro atoms. The first kappa shape index (κ1) is 21.4. The number of sulfone groups is 1. The number of allylic oxidation sites excluding steroid dienone is 1. The SMILES string of the molecule is O=C(Nc1cnc(O)cn1)/C(=C/[C@H]1C[C@@H](F)[C@@H](F)C1)c1ccc(S(=O)(=O)C2CC2)cc1. The van der Waals surface area contributed by atoms with Gasteiger partial charge in [0, 0.05) is 5.57 Å². The molecule has 0 unspecified atom stereocenters. The summed E-state index contributed by atoms with van der Waals surface area (Å²) in [5, 5.41) is 11.4. The molecule has 1 amide bonds. The molecule has 1 aromatic heterocycles. The molecule has 2 aromatic rings. The minimum absolute atomic E-state index is 0.0366. The quantitative estimate of drug-likeness (QED) is 0.656. The van der Waals surface area contributed by atoms with Crippen LogP contribution in [0.25, 0.3) is 5.57 Å². The van der Waals surface area contributed by atoms with Crippen molar-refractivity contribution in [3.8, 4) is 5.88 Å². The van der Waals surface area contributed by atoms with Gasteiger partial charge in [0.2, 0.25) is 5.88 Å². The van der Waals surface area contributed by atoms with E-state index < -0.39 is 34.0 Å². The van der Waals surface area contributed by atoms with Crippen molar-refractivity contribution < 1.29 is 27.1 Å². The fourth-order valence-corrected chi connectivity index (χ4v) is 5.27. The Morgan fingerprint density at radius 3 is 2.26 bits per heavy atom. The van der Waals surface area contributed by atoms with Gasteiger partial charge in [-0.25, -0.2) is 27.2 Å². The van der Waals surface area contributed by atoms with Crippen molar-refractivity contribution in [3.05, 3.63) is 48.3 Å². The number of hydrogen-bond donors (Lipinski definition) is 2. The molecule has 0 saturated heterocycles. The molecule has 4 rings (SSSR count). The molecule has 2 aliphatic carbocycles. The van der Waals surface area contributed by atoms with Crippen molar-refractivity contribution in [2.75, 3.05) is 5.32 Å². The zero-order valence-corrected chi connectivity index (χ0v) is 17.2. The molecule has 2 fully saturated rings. The van der Waals surface area contributed by atoms with Crippen molar-refractivity contribution in [2.45, 2.75) is 48.2 Å². The van der Waals surface area contributed by atoms with E-state index >= 15 is 0 Å². The van der Waals surface area contributed by atoms with Gasteiger partial charge in [0.1, 0.15) is 12.3 Å². The topological polar surface area (TPSA) is 109 Å². The van der Waals surface area contributed by atoms with Crippen LogP contribution >= 0.6 is 0 Å². The van der Waals surface area contributed by atoms with E-state index in [1.165, 1.54) is 36.5 Å². The predicted octanol–water partition coefficient (Wildman–Crippen LogP) is 3.23. The zero-order chi connectivity index (χ0) is 22.2. The number of hydrogen-bond acceptors (Lipinski definition) is 6. The minimum atomic E-state index is -3.38. The highest BCUT2D eigenvalue weighted by molar-refractivity contribution is 7.92. The van der Waals surface area contributed by atoms with Crippen LogP contribution in [-0.4, -0.2) is 47.0 Å². The number of carbonyl (C=O) groups is 1. The Kier molecular flexibility index (Phi) is 5.74. The number of anilines is 1. The first-order valence-electron chi connectivity index (χ1n) is 9.90. The fourth-order valence-electron chi connectivity index (χ4n) is 3.61. The Hall–Kier alpha value is -2.88. The maximum absolute atomic E-state index is 13.7. The molecule has 2 saturated carbocycles. The maximum Gasteiger partial charge on any atom is 0.257 e. The highest BCUT2D eigenvalue weighted by Gasteiger charge is 2.37. The van der Waals surface area contributed by atoms with E-state index in [0.717, 1.165) is 6.20 Å². The van der Waals surface area contributed by atoms with E-state index in [1.54, 1.807) is 0 Å². The van der Waals surface area contributed by atoms with Crippen molar-refractivity contribution in [1.29, 1.82) is 0 Å². The fraction of sp³-hybridized carbons (Fsp3) is 0.381. The summed E-state index contributed by atoms with van der Waals surface area (Å²) in [5.74, 6) is -1.29. The molecular formula is C21H21F2N3O4S. The van der Waals surface area contributed by atoms with Crippen LogP contribution in [0.5, 0.6) is 5.88 Å². The van der Waals surface area contributed by atoms with Gasteiger partial charge in [-0.1, -0.05) is 18.2 Å². The number of benzene rings is 1. The standard InChI is InChI=1S/C21H21F2N3O4S/c22-17-8-12(9-18(17)23)7-16(21(28)26-19-10-25-20(27)11-24-19)13-1-3-14(4-2-13)31(29,30)15-5-6-15/h1-4,7,10-12,15,17-18H,5-6,8-9H2,(H,25,27)(H,24,26,28)/b16-7+/t12-,17+,18-. The molecule has 164 valence electrons. The predicted molar refractivity (Wildman–Crippen MR) is 109 cm³/mol. The highest BCUT2D eigenvalue weighted by Crippen LogP contribution is 2.36. The normalized spacial score (nSPS) is 24.2. The van der Waals surface area contributed by atoms with Crippen molar-refractivity contribution in [1.82, 2.24) is 9.97 Å². The van der Waals surface area contributed by atoms with Gasteiger partial charge in [-0.2, -0.15) is 0 Å². The molecular weight excluding hydrogens is 428 g/mol. The van der Waals surface area contributed by atoms with Crippen LogP contribution in [0.15, 0.2) is 47.6 Å². The number of rotatable bonds is 6. The minimum Gasteiger partial charge on any atom is -0.492 e. The zero-order valence-electron chi connectivity index (χ0n) is 16.4. The van der Waals surface area contributed by atoms with Crippen LogP contribution in [0.2, 0.25) is 0 Å². The van der Waals surface area contributed by atoms with E-state index in [0.29, 0.717) is 18.4 Å². The van der Waals surface area contributed by atoms with Gasteiger partial charge in [-0.3, -0.25) is 4.79 Å². The Balaban J connectivity index is 1.63. The third-order valence-corrected chi connectivity index (χ3v) is 7.71. The summed E-state index contributed by atoms with van der Waals surface area (Å²) in [5.41, 5.74) is 0.563. The third-order valence-electron chi connectivity index (χ3n) is 5.43. The van der Waals surface area contributed by atoms with E-state index in [2.05, 4.69) is 15.3 Å². The highest BCUT2D eigenvalue weighted by atomic mass is 32.2. The van der Waals surface area contributed by atoms with Crippen molar-refractivity contribution in [2.24, 2.45) is 5.92 Å². The number of nitrogens with one attached hydrogen (secondary N) is 1.